The van der Waals surface area contributed by atoms with Crippen LogP contribution in [0.4, 0.5) is 0 Å². The zero-order valence-corrected chi connectivity index (χ0v) is 8.70. The number of nitrogens with zero attached hydrogens (tertiary/aromatic N) is 1. The molecule has 2 nitrogen and oxygen atoms in total. The highest BCUT2D eigenvalue weighted by atomic mass is 32.1. The van der Waals surface area contributed by atoms with Crippen LogP contribution in [-0.2, 0) is 4.74 Å². The zero-order chi connectivity index (χ0) is 8.98. The minimum atomic E-state index is 0.115. The second-order valence-electron chi connectivity index (χ2n) is 4.79. The molecule has 12 heavy (non-hydrogen) atoms. The fourth-order valence-electron chi connectivity index (χ4n) is 2.02. The predicted molar refractivity (Wildman–Crippen MR) is 52.1 cm³/mol. The van der Waals surface area contributed by atoms with Crippen LogP contribution in [0.3, 0.4) is 0 Å². The third-order valence-corrected chi connectivity index (χ3v) is 2.92. The van der Waals surface area contributed by atoms with Gasteiger partial charge in [-0.25, -0.2) is 0 Å². The maximum absolute atomic E-state index is 5.43. The summed E-state index contributed by atoms with van der Waals surface area (Å²) in [6, 6.07) is 0. The minimum Gasteiger partial charge on any atom is -0.468 e. The van der Waals surface area contributed by atoms with Gasteiger partial charge in [-0.2, -0.15) is 0 Å². The Morgan fingerprint density at radius 1 is 1.42 bits per heavy atom. The van der Waals surface area contributed by atoms with Gasteiger partial charge < -0.3 is 9.64 Å². The van der Waals surface area contributed by atoms with Crippen molar-refractivity contribution in [1.29, 1.82) is 0 Å². The summed E-state index contributed by atoms with van der Waals surface area (Å²) in [5.41, 5.74) is 0.402. The highest BCUT2D eigenvalue weighted by molar-refractivity contribution is 7.80. The van der Waals surface area contributed by atoms with Crippen LogP contribution >= 0.6 is 12.2 Å². The molecule has 2 rings (SSSR count). The van der Waals surface area contributed by atoms with E-state index >= 15 is 0 Å². The molecule has 0 atom stereocenters. The summed E-state index contributed by atoms with van der Waals surface area (Å²) in [4.78, 5) is 2.27. The largest absolute Gasteiger partial charge is 0.468 e. The Morgan fingerprint density at radius 2 is 2.00 bits per heavy atom. The van der Waals surface area contributed by atoms with E-state index in [1.807, 2.05) is 0 Å². The molecule has 3 heteroatoms. The van der Waals surface area contributed by atoms with Gasteiger partial charge in [-0.1, -0.05) is 0 Å². The number of rotatable bonds is 0. The van der Waals surface area contributed by atoms with Crippen LogP contribution in [-0.4, -0.2) is 27.8 Å². The van der Waals surface area contributed by atoms with Crippen molar-refractivity contribution < 1.29 is 4.74 Å². The average Bonchev–Trinajstić information content (AvgIpc) is 2.53. The Labute approximate surface area is 78.9 Å². The van der Waals surface area contributed by atoms with Gasteiger partial charge >= 0.3 is 0 Å². The van der Waals surface area contributed by atoms with Crippen LogP contribution in [0.1, 0.15) is 33.6 Å². The second kappa shape index (κ2) is 2.13. The Balaban J connectivity index is 2.27. The first-order chi connectivity index (χ1) is 5.46. The van der Waals surface area contributed by atoms with Gasteiger partial charge in [0.2, 0.25) is 0 Å². The van der Waals surface area contributed by atoms with Gasteiger partial charge in [-0.15, -0.1) is 0 Å². The number of ether oxygens (including phenoxy) is 1. The van der Waals surface area contributed by atoms with E-state index < -0.39 is 0 Å². The SMILES string of the molecule is CC(C)(C)N1C(=S)OCC12CC2. The smallest absolute Gasteiger partial charge is 0.260 e. The maximum Gasteiger partial charge on any atom is 0.260 e. The Kier molecular flexibility index (Phi) is 1.47. The number of thiocarbonyl (C=S) groups is 1. The van der Waals surface area contributed by atoms with E-state index in [1.54, 1.807) is 0 Å². The van der Waals surface area contributed by atoms with Gasteiger partial charge in [-0.3, -0.25) is 0 Å². The molecule has 2 aliphatic rings. The summed E-state index contributed by atoms with van der Waals surface area (Å²) in [5, 5.41) is 0.694. The second-order valence-corrected chi connectivity index (χ2v) is 5.13. The molecule has 0 N–H and O–H groups in total. The molecular formula is C9H15NOS. The molecule has 0 aromatic carbocycles. The summed E-state index contributed by atoms with van der Waals surface area (Å²) >= 11 is 5.18. The van der Waals surface area contributed by atoms with E-state index in [1.165, 1.54) is 12.8 Å². The van der Waals surface area contributed by atoms with Crippen LogP contribution in [0.2, 0.25) is 0 Å². The molecule has 0 bridgehead atoms. The third kappa shape index (κ3) is 1.03. The lowest BCUT2D eigenvalue weighted by atomic mass is 10.0. The van der Waals surface area contributed by atoms with Crippen molar-refractivity contribution in [3.8, 4) is 0 Å². The molecule has 1 heterocycles. The minimum absolute atomic E-state index is 0.115. The number of hydrogen-bond donors (Lipinski definition) is 0. The van der Waals surface area contributed by atoms with Crippen molar-refractivity contribution in [1.82, 2.24) is 4.90 Å². The average molecular weight is 185 g/mol. The van der Waals surface area contributed by atoms with Crippen molar-refractivity contribution in [2.75, 3.05) is 6.61 Å². The molecule has 0 unspecified atom stereocenters. The van der Waals surface area contributed by atoms with E-state index in [4.69, 9.17) is 17.0 Å². The fourth-order valence-corrected chi connectivity index (χ4v) is 2.54. The van der Waals surface area contributed by atoms with Gasteiger partial charge in [0.1, 0.15) is 6.61 Å². The Morgan fingerprint density at radius 3 is 2.33 bits per heavy atom. The van der Waals surface area contributed by atoms with Crippen LogP contribution < -0.4 is 0 Å². The van der Waals surface area contributed by atoms with Gasteiger partial charge in [0.05, 0.1) is 5.54 Å². The molecule has 1 saturated carbocycles. The molecule has 2 fully saturated rings. The highest BCUT2D eigenvalue weighted by Gasteiger charge is 2.57. The first-order valence-electron chi connectivity index (χ1n) is 4.43. The predicted octanol–water partition coefficient (Wildman–Crippen LogP) is 1.93. The van der Waals surface area contributed by atoms with Crippen molar-refractivity contribution in [2.45, 2.75) is 44.7 Å². The van der Waals surface area contributed by atoms with Crippen molar-refractivity contribution in [2.24, 2.45) is 0 Å². The third-order valence-electron chi connectivity index (χ3n) is 2.62. The standard InChI is InChI=1S/C9H15NOS/c1-8(2,3)10-7(12)11-6-9(10)4-5-9/h4-6H2,1-3H3. The summed E-state index contributed by atoms with van der Waals surface area (Å²) in [5.74, 6) is 0. The van der Waals surface area contributed by atoms with E-state index in [2.05, 4.69) is 25.7 Å². The summed E-state index contributed by atoms with van der Waals surface area (Å²) in [6.45, 7) is 7.37. The highest BCUT2D eigenvalue weighted by Crippen LogP contribution is 2.49. The molecule has 0 aromatic rings. The summed E-state index contributed by atoms with van der Waals surface area (Å²) in [7, 11) is 0. The van der Waals surface area contributed by atoms with Crippen LogP contribution in [0.15, 0.2) is 0 Å². The lowest BCUT2D eigenvalue weighted by molar-refractivity contribution is 0.184. The lowest BCUT2D eigenvalue weighted by Crippen LogP contribution is -2.48. The molecule has 1 saturated heterocycles. The molecule has 1 aliphatic carbocycles. The van der Waals surface area contributed by atoms with E-state index in [0.717, 1.165) is 6.61 Å². The molecular weight excluding hydrogens is 170 g/mol. The molecule has 0 amide bonds. The van der Waals surface area contributed by atoms with Crippen LogP contribution in [0, 0.1) is 0 Å². The first-order valence-corrected chi connectivity index (χ1v) is 4.84. The van der Waals surface area contributed by atoms with Crippen molar-refractivity contribution in [3.63, 3.8) is 0 Å². The zero-order valence-electron chi connectivity index (χ0n) is 7.89. The molecule has 0 radical (unpaired) electrons. The van der Waals surface area contributed by atoms with Crippen molar-refractivity contribution >= 4 is 17.4 Å². The van der Waals surface area contributed by atoms with Gasteiger partial charge in [0.15, 0.2) is 0 Å². The molecule has 1 aliphatic heterocycles. The van der Waals surface area contributed by atoms with Crippen LogP contribution in [0.5, 0.6) is 0 Å². The maximum atomic E-state index is 5.43. The number of hydrogen-bond acceptors (Lipinski definition) is 2. The fraction of sp³-hybridized carbons (Fsp3) is 0.889. The molecule has 1 spiro atoms. The van der Waals surface area contributed by atoms with Gasteiger partial charge in [-0.05, 0) is 45.8 Å². The normalized spacial score (nSPS) is 26.2. The van der Waals surface area contributed by atoms with Gasteiger partial charge in [0.25, 0.3) is 5.17 Å². The molecule has 0 aromatic heterocycles. The lowest BCUT2D eigenvalue weighted by Gasteiger charge is -2.36. The monoisotopic (exact) mass is 185 g/mol. The molecule has 68 valence electrons. The van der Waals surface area contributed by atoms with E-state index in [9.17, 15) is 0 Å². The van der Waals surface area contributed by atoms with Gasteiger partial charge in [0, 0.05) is 5.54 Å². The quantitative estimate of drug-likeness (QED) is 0.535. The summed E-state index contributed by atoms with van der Waals surface area (Å²) < 4.78 is 5.43. The Hall–Kier alpha value is -0.310. The van der Waals surface area contributed by atoms with E-state index in [0.29, 0.717) is 5.17 Å². The van der Waals surface area contributed by atoms with E-state index in [-0.39, 0.29) is 11.1 Å². The van der Waals surface area contributed by atoms with Crippen LogP contribution in [0.25, 0.3) is 0 Å². The van der Waals surface area contributed by atoms with Crippen molar-refractivity contribution in [3.05, 3.63) is 0 Å². The Bertz CT molecular complexity index is 227. The summed E-state index contributed by atoms with van der Waals surface area (Å²) in [6.07, 6.45) is 2.48. The topological polar surface area (TPSA) is 12.5 Å². The first kappa shape index (κ1) is 8.30.